The molecule has 0 saturated carbocycles. The van der Waals surface area contributed by atoms with Crippen LogP contribution in [0.5, 0.6) is 0 Å². The summed E-state index contributed by atoms with van der Waals surface area (Å²) in [5, 5.41) is 11.0. The number of aliphatic hydroxyl groups is 1. The number of rotatable bonds is 4. The van der Waals surface area contributed by atoms with Crippen LogP contribution in [-0.4, -0.2) is 58.3 Å². The molecule has 0 aliphatic carbocycles. The lowest BCUT2D eigenvalue weighted by atomic mass is 9.83. The van der Waals surface area contributed by atoms with Gasteiger partial charge in [-0.05, 0) is 45.1 Å². The van der Waals surface area contributed by atoms with E-state index in [4.69, 9.17) is 14.2 Å². The number of carbonyl (C=O) groups is 3. The Morgan fingerprint density at radius 1 is 1.15 bits per heavy atom. The molecule has 1 unspecified atom stereocenters. The minimum Gasteiger partial charge on any atom is -0.459 e. The first-order valence-electron chi connectivity index (χ1n) is 11.9. The van der Waals surface area contributed by atoms with Crippen LogP contribution in [-0.2, 0) is 35.2 Å². The number of esters is 1. The van der Waals surface area contributed by atoms with Gasteiger partial charge in [-0.2, -0.15) is 0 Å². The molecule has 188 valence electrons. The highest BCUT2D eigenvalue weighted by molar-refractivity contribution is 5.93. The van der Waals surface area contributed by atoms with Crippen LogP contribution >= 0.6 is 0 Å². The zero-order valence-electron chi connectivity index (χ0n) is 20.5. The van der Waals surface area contributed by atoms with Gasteiger partial charge in [0.25, 0.3) is 0 Å². The molecule has 2 aliphatic heterocycles. The maximum Gasteiger partial charge on any atom is 0.311 e. The van der Waals surface area contributed by atoms with Gasteiger partial charge < -0.3 is 19.3 Å². The number of alkyl halides is 1. The number of hydrogen-bond donors (Lipinski definition) is 1. The quantitative estimate of drug-likeness (QED) is 0.663. The van der Waals surface area contributed by atoms with E-state index >= 15 is 4.39 Å². The molecule has 8 atom stereocenters. The second-order valence-corrected chi connectivity index (χ2v) is 9.99. The summed E-state index contributed by atoms with van der Waals surface area (Å²) in [5.41, 5.74) is -2.73. The molecule has 2 aliphatic rings. The highest BCUT2D eigenvalue weighted by atomic mass is 19.1. The predicted octanol–water partition coefficient (Wildman–Crippen LogP) is 3.34. The molecule has 0 amide bonds. The van der Waals surface area contributed by atoms with Crippen molar-refractivity contribution in [3.63, 3.8) is 0 Å². The molecule has 3 rings (SSSR count). The Bertz CT molecular complexity index is 902. The van der Waals surface area contributed by atoms with E-state index in [-0.39, 0.29) is 31.7 Å². The first-order chi connectivity index (χ1) is 15.9. The lowest BCUT2D eigenvalue weighted by Gasteiger charge is -2.34. The average molecular weight is 479 g/mol. The van der Waals surface area contributed by atoms with Crippen molar-refractivity contribution in [3.8, 4) is 0 Å². The van der Waals surface area contributed by atoms with Crippen LogP contribution in [0.4, 0.5) is 4.39 Å². The first kappa shape index (κ1) is 26.4. The van der Waals surface area contributed by atoms with Crippen LogP contribution in [0.3, 0.4) is 0 Å². The van der Waals surface area contributed by atoms with Gasteiger partial charge >= 0.3 is 5.97 Å². The Balaban J connectivity index is 1.96. The number of fused-ring (bicyclic) bond motifs is 2. The number of carbonyl (C=O) groups excluding carboxylic acids is 3. The number of halogens is 1. The third-order valence-corrected chi connectivity index (χ3v) is 7.18. The Hall–Kier alpha value is -2.16. The van der Waals surface area contributed by atoms with Crippen LogP contribution in [0.15, 0.2) is 30.3 Å². The molecule has 2 saturated heterocycles. The minimum atomic E-state index is -2.26. The molecule has 1 N–H and O–H groups in total. The Morgan fingerprint density at radius 2 is 1.79 bits per heavy atom. The third kappa shape index (κ3) is 5.24. The molecular weight excluding hydrogens is 443 g/mol. The van der Waals surface area contributed by atoms with E-state index in [9.17, 15) is 19.5 Å². The Labute approximate surface area is 200 Å². The number of Topliss-reactive ketones (excluding diaryl/α,β-unsaturated/α-hetero) is 2. The predicted molar refractivity (Wildman–Crippen MR) is 122 cm³/mol. The topological polar surface area (TPSA) is 99.1 Å². The lowest BCUT2D eigenvalue weighted by molar-refractivity contribution is -0.180. The summed E-state index contributed by atoms with van der Waals surface area (Å²) >= 11 is 0. The number of hydrogen-bond acceptors (Lipinski definition) is 7. The second-order valence-electron chi connectivity index (χ2n) is 9.99. The SMILES string of the molecule is CC[C@H]1OC(=O)[C@H](C)[C@@H](OCc2ccccc2)CC(=O)[C@@]2(C)C[C@@H](C)C(O2)[C@@H](F)C(=O)[C@]1(C)O. The summed E-state index contributed by atoms with van der Waals surface area (Å²) in [6.07, 6.45) is -5.29. The van der Waals surface area contributed by atoms with Gasteiger partial charge in [0.15, 0.2) is 17.6 Å². The molecule has 2 bridgehead atoms. The van der Waals surface area contributed by atoms with Crippen molar-refractivity contribution in [1.82, 2.24) is 0 Å². The highest BCUT2D eigenvalue weighted by Gasteiger charge is 2.55. The second kappa shape index (κ2) is 10.2. The summed E-state index contributed by atoms with van der Waals surface area (Å²) in [6.45, 7) is 7.83. The van der Waals surface area contributed by atoms with Crippen molar-refractivity contribution in [2.75, 3.05) is 0 Å². The smallest absolute Gasteiger partial charge is 0.311 e. The van der Waals surface area contributed by atoms with Crippen molar-refractivity contribution in [3.05, 3.63) is 35.9 Å². The molecule has 34 heavy (non-hydrogen) atoms. The van der Waals surface area contributed by atoms with Crippen molar-refractivity contribution in [2.24, 2.45) is 11.8 Å². The van der Waals surface area contributed by atoms with Crippen LogP contribution in [0.25, 0.3) is 0 Å². The lowest BCUT2D eigenvalue weighted by Crippen LogP contribution is -2.55. The Morgan fingerprint density at radius 3 is 2.41 bits per heavy atom. The standard InChI is InChI=1S/C26H35FO7/c1-6-20-26(5,31)23(29)21(27)22-15(2)13-25(4,34-22)19(28)12-18(16(3)24(30)33-20)32-14-17-10-8-7-9-11-17/h7-11,15-16,18,20-22,31H,6,12-14H2,1-5H3/t15-,16-,18+,20-,21-,22?,25-,26-/m1/s1. The molecular formula is C26H35FO7. The van der Waals surface area contributed by atoms with E-state index in [1.807, 2.05) is 30.3 Å². The highest BCUT2D eigenvalue weighted by Crippen LogP contribution is 2.41. The van der Waals surface area contributed by atoms with Gasteiger partial charge in [-0.25, -0.2) is 4.39 Å². The minimum absolute atomic E-state index is 0.0944. The summed E-state index contributed by atoms with van der Waals surface area (Å²) in [7, 11) is 0. The zero-order chi connectivity index (χ0) is 25.3. The maximum absolute atomic E-state index is 15.4. The summed E-state index contributed by atoms with van der Waals surface area (Å²) in [5.74, 6) is -3.50. The van der Waals surface area contributed by atoms with Crippen LogP contribution in [0, 0.1) is 11.8 Å². The molecule has 1 aromatic rings. The van der Waals surface area contributed by atoms with Gasteiger partial charge in [0, 0.05) is 6.42 Å². The largest absolute Gasteiger partial charge is 0.459 e. The number of ether oxygens (including phenoxy) is 3. The maximum atomic E-state index is 15.4. The summed E-state index contributed by atoms with van der Waals surface area (Å²) < 4.78 is 32.7. The number of benzene rings is 1. The van der Waals surface area contributed by atoms with Crippen molar-refractivity contribution >= 4 is 17.5 Å². The van der Waals surface area contributed by atoms with Crippen molar-refractivity contribution in [1.29, 1.82) is 0 Å². The third-order valence-electron chi connectivity index (χ3n) is 7.18. The summed E-state index contributed by atoms with van der Waals surface area (Å²) in [4.78, 5) is 39.3. The van der Waals surface area contributed by atoms with E-state index in [1.165, 1.54) is 0 Å². The van der Waals surface area contributed by atoms with Gasteiger partial charge in [0.05, 0.1) is 24.7 Å². The fourth-order valence-electron chi connectivity index (χ4n) is 4.86. The van der Waals surface area contributed by atoms with Crippen LogP contribution in [0.2, 0.25) is 0 Å². The molecule has 0 aromatic heterocycles. The Kier molecular flexibility index (Phi) is 7.95. The van der Waals surface area contributed by atoms with E-state index < -0.39 is 59.3 Å². The monoisotopic (exact) mass is 478 g/mol. The van der Waals surface area contributed by atoms with E-state index in [0.29, 0.717) is 0 Å². The number of ketones is 2. The van der Waals surface area contributed by atoms with Gasteiger partial charge in [-0.15, -0.1) is 0 Å². The van der Waals surface area contributed by atoms with Crippen LogP contribution < -0.4 is 0 Å². The van der Waals surface area contributed by atoms with E-state index in [0.717, 1.165) is 12.5 Å². The zero-order valence-corrected chi connectivity index (χ0v) is 20.5. The molecule has 0 spiro atoms. The van der Waals surface area contributed by atoms with Gasteiger partial charge in [-0.3, -0.25) is 14.4 Å². The van der Waals surface area contributed by atoms with Gasteiger partial charge in [0.2, 0.25) is 5.78 Å². The number of cyclic esters (lactones) is 1. The van der Waals surface area contributed by atoms with Gasteiger partial charge in [-0.1, -0.05) is 44.2 Å². The molecule has 2 fully saturated rings. The normalized spacial score (nSPS) is 39.7. The van der Waals surface area contributed by atoms with E-state index in [1.54, 1.807) is 27.7 Å². The molecule has 7 nitrogen and oxygen atoms in total. The van der Waals surface area contributed by atoms with Crippen LogP contribution in [0.1, 0.15) is 59.4 Å². The van der Waals surface area contributed by atoms with Crippen molar-refractivity contribution < 1.29 is 38.1 Å². The summed E-state index contributed by atoms with van der Waals surface area (Å²) in [6, 6.07) is 9.33. The molecule has 2 heterocycles. The molecule has 0 radical (unpaired) electrons. The average Bonchev–Trinajstić information content (AvgIpc) is 3.13. The van der Waals surface area contributed by atoms with Gasteiger partial charge in [0.1, 0.15) is 11.7 Å². The molecule has 1 aromatic carbocycles. The van der Waals surface area contributed by atoms with E-state index in [2.05, 4.69) is 0 Å². The molecule has 8 heteroatoms. The first-order valence-corrected chi connectivity index (χ1v) is 11.9. The fourth-order valence-corrected chi connectivity index (χ4v) is 4.86. The van der Waals surface area contributed by atoms with Crippen molar-refractivity contribution in [2.45, 2.75) is 96.2 Å². The fraction of sp³-hybridized carbons (Fsp3) is 0.654.